The minimum absolute atomic E-state index is 0.000663. The Kier molecular flexibility index (Phi) is 5.21. The first-order chi connectivity index (χ1) is 13.0. The summed E-state index contributed by atoms with van der Waals surface area (Å²) in [5, 5.41) is 4.08. The number of ether oxygens (including phenoxy) is 2. The van der Waals surface area contributed by atoms with E-state index in [2.05, 4.69) is 9.82 Å². The minimum Gasteiger partial charge on any atom is -0.493 e. The maximum absolute atomic E-state index is 12.3. The topological polar surface area (TPSA) is 82.4 Å². The highest BCUT2D eigenvalue weighted by Gasteiger charge is 2.39. The second-order valence-electron chi connectivity index (χ2n) is 7.36. The highest BCUT2D eigenvalue weighted by atomic mass is 32.2. The lowest BCUT2D eigenvalue weighted by atomic mass is 9.98. The fourth-order valence-electron chi connectivity index (χ4n) is 3.25. The molecule has 0 spiro atoms. The Hall–Kier alpha value is -1.90. The lowest BCUT2D eigenvalue weighted by molar-refractivity contribution is 0.0186. The molecule has 1 aromatic heterocycles. The number of benzene rings is 1. The van der Waals surface area contributed by atoms with Gasteiger partial charge in [-0.3, -0.25) is 0 Å². The van der Waals surface area contributed by atoms with Crippen molar-refractivity contribution >= 4 is 10.0 Å². The number of sulfonamides is 1. The summed E-state index contributed by atoms with van der Waals surface area (Å²) in [6, 6.07) is 7.58. The Morgan fingerprint density at radius 2 is 2.04 bits per heavy atom. The normalized spacial score (nSPS) is 23.3. The molecule has 8 heteroatoms. The molecule has 1 aliphatic carbocycles. The molecule has 2 aromatic rings. The third-order valence-corrected chi connectivity index (χ3v) is 7.01. The fourth-order valence-corrected chi connectivity index (χ4v) is 4.94. The van der Waals surface area contributed by atoms with E-state index in [0.29, 0.717) is 26.2 Å². The molecule has 0 radical (unpaired) electrons. The van der Waals surface area contributed by atoms with Crippen LogP contribution in [0.2, 0.25) is 0 Å². The van der Waals surface area contributed by atoms with Gasteiger partial charge in [-0.05, 0) is 56.0 Å². The van der Waals surface area contributed by atoms with Crippen LogP contribution in [-0.4, -0.2) is 49.3 Å². The first-order valence-corrected chi connectivity index (χ1v) is 10.9. The smallest absolute Gasteiger partial charge is 0.214 e. The van der Waals surface area contributed by atoms with Gasteiger partial charge < -0.3 is 9.47 Å². The van der Waals surface area contributed by atoms with Crippen molar-refractivity contribution in [2.45, 2.75) is 37.5 Å². The van der Waals surface area contributed by atoms with E-state index >= 15 is 0 Å². The minimum atomic E-state index is -3.21. The molecule has 1 aliphatic heterocycles. The molecule has 0 amide bonds. The van der Waals surface area contributed by atoms with Crippen molar-refractivity contribution in [1.82, 2.24) is 14.5 Å². The Bertz CT molecular complexity index is 875. The van der Waals surface area contributed by atoms with Crippen LogP contribution in [0.15, 0.2) is 36.7 Å². The van der Waals surface area contributed by atoms with Crippen LogP contribution in [0.1, 0.15) is 24.8 Å². The maximum Gasteiger partial charge on any atom is 0.214 e. The van der Waals surface area contributed by atoms with E-state index in [-0.39, 0.29) is 17.2 Å². The molecule has 2 atom stereocenters. The third-order valence-electron chi connectivity index (χ3n) is 5.03. The number of rotatable bonds is 7. The molecular weight excluding hydrogens is 366 g/mol. The summed E-state index contributed by atoms with van der Waals surface area (Å²) in [5.41, 5.74) is 2.07. The molecular formula is C19H25N3O4S. The number of nitrogens with zero attached hydrogens (tertiary/aromatic N) is 2. The number of aryl methyl sites for hydroxylation is 1. The molecule has 1 N–H and O–H groups in total. The van der Waals surface area contributed by atoms with E-state index in [4.69, 9.17) is 9.47 Å². The molecule has 2 fully saturated rings. The van der Waals surface area contributed by atoms with Gasteiger partial charge in [-0.15, -0.1) is 0 Å². The van der Waals surface area contributed by atoms with E-state index in [1.165, 1.54) is 0 Å². The van der Waals surface area contributed by atoms with Crippen LogP contribution in [0.3, 0.4) is 0 Å². The molecule has 4 rings (SSSR count). The van der Waals surface area contributed by atoms with Crippen LogP contribution in [0, 0.1) is 12.8 Å². The van der Waals surface area contributed by atoms with Crippen LogP contribution in [0.5, 0.6) is 5.75 Å². The van der Waals surface area contributed by atoms with Crippen molar-refractivity contribution < 1.29 is 17.9 Å². The summed E-state index contributed by atoms with van der Waals surface area (Å²) >= 11 is 0. The average molecular weight is 391 g/mol. The molecule has 146 valence electrons. The Balaban J connectivity index is 1.36. The van der Waals surface area contributed by atoms with E-state index < -0.39 is 10.0 Å². The van der Waals surface area contributed by atoms with Crippen LogP contribution >= 0.6 is 0 Å². The highest BCUT2D eigenvalue weighted by molar-refractivity contribution is 7.90. The number of hydrogen-bond donors (Lipinski definition) is 1. The van der Waals surface area contributed by atoms with Crippen molar-refractivity contribution in [3.63, 3.8) is 0 Å². The molecule has 0 bridgehead atoms. The molecule has 7 nitrogen and oxygen atoms in total. The quantitative estimate of drug-likeness (QED) is 0.781. The number of nitrogens with one attached hydrogen (secondary N) is 1. The van der Waals surface area contributed by atoms with Gasteiger partial charge in [0.25, 0.3) is 0 Å². The molecule has 1 saturated carbocycles. The summed E-state index contributed by atoms with van der Waals surface area (Å²) in [7, 11) is -3.21. The monoisotopic (exact) mass is 391 g/mol. The number of aromatic nitrogens is 2. The lowest BCUT2D eigenvalue weighted by Gasteiger charge is -2.31. The zero-order chi connectivity index (χ0) is 18.9. The lowest BCUT2D eigenvalue weighted by Crippen LogP contribution is -2.48. The molecule has 27 heavy (non-hydrogen) atoms. The standard InChI is InChI=1S/C19H25N3O4S/c1-14-10-20-22(11-14)16-2-4-17(5-3-16)26-13-15-12-25-9-8-19(15)21-27(23,24)18-6-7-18/h2-5,10-11,15,18-19,21H,6-9,12-13H2,1H3/t15-,19+/m1/s1. The summed E-state index contributed by atoms with van der Waals surface area (Å²) in [4.78, 5) is 0. The SMILES string of the molecule is Cc1cnn(-c2ccc(OC[C@H]3COCC[C@@H]3NS(=O)(=O)C3CC3)cc2)c1. The Labute approximate surface area is 159 Å². The van der Waals surface area contributed by atoms with Crippen LogP contribution in [-0.2, 0) is 14.8 Å². The van der Waals surface area contributed by atoms with E-state index in [1.54, 1.807) is 0 Å². The molecule has 0 unspecified atom stereocenters. The van der Waals surface area contributed by atoms with E-state index in [0.717, 1.165) is 29.8 Å². The summed E-state index contributed by atoms with van der Waals surface area (Å²) in [5.74, 6) is 0.748. The van der Waals surface area contributed by atoms with Crippen molar-refractivity contribution in [1.29, 1.82) is 0 Å². The molecule has 1 aromatic carbocycles. The number of hydrogen-bond acceptors (Lipinski definition) is 5. The van der Waals surface area contributed by atoms with Gasteiger partial charge in [0.05, 0.1) is 30.3 Å². The van der Waals surface area contributed by atoms with Crippen LogP contribution in [0.25, 0.3) is 5.69 Å². The molecule has 2 aliphatic rings. The highest BCUT2D eigenvalue weighted by Crippen LogP contribution is 2.29. The van der Waals surface area contributed by atoms with Crippen molar-refractivity contribution in [3.05, 3.63) is 42.2 Å². The van der Waals surface area contributed by atoms with Crippen LogP contribution in [0.4, 0.5) is 0 Å². The second kappa shape index (κ2) is 7.61. The van der Waals surface area contributed by atoms with Gasteiger partial charge in [0.1, 0.15) is 5.75 Å². The van der Waals surface area contributed by atoms with Crippen molar-refractivity contribution in [3.8, 4) is 11.4 Å². The zero-order valence-corrected chi connectivity index (χ0v) is 16.2. The average Bonchev–Trinajstić information content (AvgIpc) is 3.44. The van der Waals surface area contributed by atoms with Gasteiger partial charge in [0.2, 0.25) is 10.0 Å². The van der Waals surface area contributed by atoms with Gasteiger partial charge in [-0.25, -0.2) is 17.8 Å². The van der Waals surface area contributed by atoms with Gasteiger partial charge in [0, 0.05) is 24.8 Å². The summed E-state index contributed by atoms with van der Waals surface area (Å²) in [6.07, 6.45) is 5.99. The Morgan fingerprint density at radius 3 is 2.70 bits per heavy atom. The largest absolute Gasteiger partial charge is 0.493 e. The second-order valence-corrected chi connectivity index (χ2v) is 9.35. The zero-order valence-electron chi connectivity index (χ0n) is 15.4. The van der Waals surface area contributed by atoms with Gasteiger partial charge in [-0.1, -0.05) is 0 Å². The summed E-state index contributed by atoms with van der Waals surface area (Å²) in [6.45, 7) is 3.49. The van der Waals surface area contributed by atoms with Gasteiger partial charge in [-0.2, -0.15) is 5.10 Å². The van der Waals surface area contributed by atoms with Gasteiger partial charge >= 0.3 is 0 Å². The third kappa shape index (κ3) is 4.51. The maximum atomic E-state index is 12.3. The van der Waals surface area contributed by atoms with Crippen molar-refractivity contribution in [2.24, 2.45) is 5.92 Å². The van der Waals surface area contributed by atoms with Crippen molar-refractivity contribution in [2.75, 3.05) is 19.8 Å². The Morgan fingerprint density at radius 1 is 1.26 bits per heavy atom. The first-order valence-electron chi connectivity index (χ1n) is 9.35. The van der Waals surface area contributed by atoms with Crippen LogP contribution < -0.4 is 9.46 Å². The van der Waals surface area contributed by atoms with E-state index in [1.807, 2.05) is 48.3 Å². The summed E-state index contributed by atoms with van der Waals surface area (Å²) < 4.78 is 40.7. The van der Waals surface area contributed by atoms with E-state index in [9.17, 15) is 8.42 Å². The fraction of sp³-hybridized carbons (Fsp3) is 0.526. The molecule has 2 heterocycles. The first kappa shape index (κ1) is 18.5. The van der Waals surface area contributed by atoms with Gasteiger partial charge in [0.15, 0.2) is 0 Å². The predicted octanol–water partition coefficient (Wildman–Crippen LogP) is 2.05. The predicted molar refractivity (Wildman–Crippen MR) is 102 cm³/mol. The molecule has 1 saturated heterocycles.